The van der Waals surface area contributed by atoms with Crippen molar-refractivity contribution in [3.8, 4) is 0 Å². The first-order chi connectivity index (χ1) is 9.13. The molecule has 0 saturated carbocycles. The van der Waals surface area contributed by atoms with Crippen LogP contribution < -0.4 is 11.1 Å². The van der Waals surface area contributed by atoms with Crippen molar-refractivity contribution in [2.24, 2.45) is 0 Å². The van der Waals surface area contributed by atoms with Crippen molar-refractivity contribution in [1.29, 1.82) is 0 Å². The van der Waals surface area contributed by atoms with Crippen molar-refractivity contribution in [2.45, 2.75) is 19.9 Å². The standard InChI is InChI=1S/C14H15BrN2OS/c1-2-9-6-7-19-12(9)8-17-14(18)10-4-3-5-11(16)13(10)15/h3-7H,2,8,16H2,1H3,(H,17,18). The molecule has 100 valence electrons. The molecule has 0 bridgehead atoms. The molecule has 2 aromatic rings. The highest BCUT2D eigenvalue weighted by atomic mass is 79.9. The number of hydrogen-bond donors (Lipinski definition) is 2. The van der Waals surface area contributed by atoms with E-state index in [0.29, 0.717) is 22.3 Å². The summed E-state index contributed by atoms with van der Waals surface area (Å²) in [5, 5.41) is 4.98. The molecule has 0 atom stereocenters. The SMILES string of the molecule is CCc1ccsc1CNC(=O)c1cccc(N)c1Br. The molecule has 1 aromatic heterocycles. The van der Waals surface area contributed by atoms with E-state index in [1.807, 2.05) is 0 Å². The van der Waals surface area contributed by atoms with Gasteiger partial charge in [-0.25, -0.2) is 0 Å². The Bertz CT molecular complexity index is 595. The third-order valence-corrected chi connectivity index (χ3v) is 4.75. The van der Waals surface area contributed by atoms with E-state index in [1.165, 1.54) is 10.4 Å². The molecule has 0 unspecified atom stereocenters. The van der Waals surface area contributed by atoms with Gasteiger partial charge < -0.3 is 11.1 Å². The van der Waals surface area contributed by atoms with Crippen LogP contribution >= 0.6 is 27.3 Å². The number of rotatable bonds is 4. The normalized spacial score (nSPS) is 10.4. The number of nitrogens with one attached hydrogen (secondary N) is 1. The van der Waals surface area contributed by atoms with Crippen LogP contribution in [-0.4, -0.2) is 5.91 Å². The van der Waals surface area contributed by atoms with Crippen LogP contribution in [0, 0.1) is 0 Å². The van der Waals surface area contributed by atoms with Gasteiger partial charge in [0.05, 0.1) is 16.6 Å². The molecule has 0 radical (unpaired) electrons. The first-order valence-corrected chi connectivity index (χ1v) is 7.68. The van der Waals surface area contributed by atoms with Crippen molar-refractivity contribution in [3.05, 3.63) is 50.1 Å². The number of carbonyl (C=O) groups is 1. The second-order valence-corrected chi connectivity index (χ2v) is 5.91. The third kappa shape index (κ3) is 3.16. The zero-order valence-corrected chi connectivity index (χ0v) is 13.0. The molecule has 3 N–H and O–H groups in total. The van der Waals surface area contributed by atoms with E-state index < -0.39 is 0 Å². The van der Waals surface area contributed by atoms with Gasteiger partial charge in [0.25, 0.3) is 5.91 Å². The maximum Gasteiger partial charge on any atom is 0.252 e. The molecular formula is C14H15BrN2OS. The quantitative estimate of drug-likeness (QED) is 0.837. The Morgan fingerprint density at radius 3 is 2.95 bits per heavy atom. The lowest BCUT2D eigenvalue weighted by Crippen LogP contribution is -2.23. The second kappa shape index (κ2) is 6.21. The van der Waals surface area contributed by atoms with Gasteiger partial charge in [-0.05, 0) is 51.5 Å². The van der Waals surface area contributed by atoms with E-state index >= 15 is 0 Å². The molecule has 0 aliphatic rings. The number of hydrogen-bond acceptors (Lipinski definition) is 3. The van der Waals surface area contributed by atoms with Crippen molar-refractivity contribution in [3.63, 3.8) is 0 Å². The summed E-state index contributed by atoms with van der Waals surface area (Å²) in [4.78, 5) is 13.3. The Morgan fingerprint density at radius 2 is 2.21 bits per heavy atom. The van der Waals surface area contributed by atoms with Crippen LogP contribution in [-0.2, 0) is 13.0 Å². The molecule has 19 heavy (non-hydrogen) atoms. The molecule has 2 rings (SSSR count). The molecule has 1 heterocycles. The minimum absolute atomic E-state index is 0.116. The van der Waals surface area contributed by atoms with Crippen LogP contribution in [0.25, 0.3) is 0 Å². The largest absolute Gasteiger partial charge is 0.398 e. The minimum Gasteiger partial charge on any atom is -0.398 e. The zero-order chi connectivity index (χ0) is 13.8. The van der Waals surface area contributed by atoms with Crippen molar-refractivity contribution in [2.75, 3.05) is 5.73 Å². The average Bonchev–Trinajstić information content (AvgIpc) is 2.86. The highest BCUT2D eigenvalue weighted by molar-refractivity contribution is 9.10. The lowest BCUT2D eigenvalue weighted by molar-refractivity contribution is 0.0950. The number of thiophene rings is 1. The maximum absolute atomic E-state index is 12.1. The number of nitrogens with two attached hydrogens (primary N) is 1. The third-order valence-electron chi connectivity index (χ3n) is 2.90. The number of halogens is 1. The summed E-state index contributed by atoms with van der Waals surface area (Å²) in [5.74, 6) is -0.116. The van der Waals surface area contributed by atoms with Crippen molar-refractivity contribution >= 4 is 38.9 Å². The smallest absolute Gasteiger partial charge is 0.252 e. The van der Waals surface area contributed by atoms with Crippen LogP contribution in [0.5, 0.6) is 0 Å². The first-order valence-electron chi connectivity index (χ1n) is 6.01. The Hall–Kier alpha value is -1.33. The average molecular weight is 339 g/mol. The fraction of sp³-hybridized carbons (Fsp3) is 0.214. The van der Waals surface area contributed by atoms with Crippen LogP contribution in [0.3, 0.4) is 0 Å². The van der Waals surface area contributed by atoms with Crippen LogP contribution in [0.4, 0.5) is 5.69 Å². The lowest BCUT2D eigenvalue weighted by atomic mass is 10.2. The Kier molecular flexibility index (Phi) is 4.61. The van der Waals surface area contributed by atoms with Gasteiger partial charge in [0.2, 0.25) is 0 Å². The van der Waals surface area contributed by atoms with E-state index in [9.17, 15) is 4.79 Å². The van der Waals surface area contributed by atoms with Gasteiger partial charge >= 0.3 is 0 Å². The zero-order valence-electron chi connectivity index (χ0n) is 10.6. The molecule has 0 aliphatic carbocycles. The summed E-state index contributed by atoms with van der Waals surface area (Å²) in [6.45, 7) is 2.67. The number of amides is 1. The van der Waals surface area contributed by atoms with Crippen LogP contribution in [0.15, 0.2) is 34.1 Å². The van der Waals surface area contributed by atoms with E-state index in [1.54, 1.807) is 29.5 Å². The van der Waals surface area contributed by atoms with Gasteiger partial charge in [-0.2, -0.15) is 0 Å². The van der Waals surface area contributed by atoms with Gasteiger partial charge in [0.1, 0.15) is 0 Å². The van der Waals surface area contributed by atoms with Gasteiger partial charge in [-0.1, -0.05) is 13.0 Å². The Balaban J connectivity index is 2.08. The summed E-state index contributed by atoms with van der Waals surface area (Å²) in [5.41, 5.74) is 8.19. The fourth-order valence-corrected chi connectivity index (χ4v) is 3.18. The Morgan fingerprint density at radius 1 is 1.42 bits per heavy atom. The predicted molar refractivity (Wildman–Crippen MR) is 83.4 cm³/mol. The molecule has 3 nitrogen and oxygen atoms in total. The number of carbonyl (C=O) groups excluding carboxylic acids is 1. The lowest BCUT2D eigenvalue weighted by Gasteiger charge is -2.08. The predicted octanol–water partition coefficient (Wildman–Crippen LogP) is 3.59. The Labute approximate surface area is 125 Å². The van der Waals surface area contributed by atoms with Crippen molar-refractivity contribution < 1.29 is 4.79 Å². The number of benzene rings is 1. The van der Waals surface area contributed by atoms with Gasteiger partial charge in [-0.3, -0.25) is 4.79 Å². The van der Waals surface area contributed by atoms with Gasteiger partial charge in [0.15, 0.2) is 0 Å². The van der Waals surface area contributed by atoms with E-state index in [0.717, 1.165) is 6.42 Å². The summed E-state index contributed by atoms with van der Waals surface area (Å²) < 4.78 is 0.648. The van der Waals surface area contributed by atoms with Crippen molar-refractivity contribution in [1.82, 2.24) is 5.32 Å². The summed E-state index contributed by atoms with van der Waals surface area (Å²) in [6, 6.07) is 7.39. The number of nitrogen functional groups attached to an aromatic ring is 1. The van der Waals surface area contributed by atoms with Crippen LogP contribution in [0.2, 0.25) is 0 Å². The molecular weight excluding hydrogens is 324 g/mol. The van der Waals surface area contributed by atoms with E-state index in [4.69, 9.17) is 5.73 Å². The monoisotopic (exact) mass is 338 g/mol. The highest BCUT2D eigenvalue weighted by Gasteiger charge is 2.12. The molecule has 0 spiro atoms. The van der Waals surface area contributed by atoms with Gasteiger partial charge in [0, 0.05) is 10.6 Å². The van der Waals surface area contributed by atoms with E-state index in [-0.39, 0.29) is 5.91 Å². The number of anilines is 1. The molecule has 0 saturated heterocycles. The summed E-state index contributed by atoms with van der Waals surface area (Å²) in [6.07, 6.45) is 0.983. The number of aryl methyl sites for hydroxylation is 1. The first kappa shape index (κ1) is 14.1. The van der Waals surface area contributed by atoms with Crippen LogP contribution in [0.1, 0.15) is 27.7 Å². The van der Waals surface area contributed by atoms with Gasteiger partial charge in [-0.15, -0.1) is 11.3 Å². The maximum atomic E-state index is 12.1. The molecule has 0 fully saturated rings. The summed E-state index contributed by atoms with van der Waals surface area (Å²) >= 11 is 5.01. The molecule has 5 heteroatoms. The topological polar surface area (TPSA) is 55.1 Å². The van der Waals surface area contributed by atoms with E-state index in [2.05, 4.69) is 39.6 Å². The molecule has 1 amide bonds. The second-order valence-electron chi connectivity index (χ2n) is 4.11. The molecule has 0 aliphatic heterocycles. The highest BCUT2D eigenvalue weighted by Crippen LogP contribution is 2.24. The fourth-order valence-electron chi connectivity index (χ4n) is 1.82. The molecule has 1 aromatic carbocycles. The summed E-state index contributed by atoms with van der Waals surface area (Å²) in [7, 11) is 0. The minimum atomic E-state index is -0.116.